The highest BCUT2D eigenvalue weighted by molar-refractivity contribution is 6.39. The van der Waals surface area contributed by atoms with Gasteiger partial charge in [0.25, 0.3) is 0 Å². The molecule has 0 heterocycles. The minimum absolute atomic E-state index is 1.28. The Bertz CT molecular complexity index is 2080. The third kappa shape index (κ3) is 2.72. The Morgan fingerprint density at radius 2 is 0.658 bits per heavy atom. The fraction of sp³-hybridized carbons (Fsp3) is 0.111. The molecule has 8 rings (SSSR count). The smallest absolute Gasteiger partial charge is 0.0521 e. The maximum atomic E-state index is 2.39. The van der Waals surface area contributed by atoms with E-state index in [9.17, 15) is 0 Å². The summed E-state index contributed by atoms with van der Waals surface area (Å²) >= 11 is 0. The summed E-state index contributed by atoms with van der Waals surface area (Å²) in [6.45, 7) is 0. The summed E-state index contributed by atoms with van der Waals surface area (Å²) in [5, 5.41) is 18.4. The van der Waals surface area contributed by atoms with Crippen LogP contribution >= 0.6 is 0 Å². The average molecular weight is 489 g/mol. The van der Waals surface area contributed by atoms with Gasteiger partial charge in [0.2, 0.25) is 0 Å². The van der Waals surface area contributed by atoms with Gasteiger partial charge >= 0.3 is 0 Å². The van der Waals surface area contributed by atoms with Crippen LogP contribution in [0.2, 0.25) is 0 Å². The summed E-state index contributed by atoms with van der Waals surface area (Å²) in [7, 11) is 8.70. The van der Waals surface area contributed by atoms with Crippen molar-refractivity contribution in [3.8, 4) is 0 Å². The van der Waals surface area contributed by atoms with Crippen LogP contribution in [0.3, 0.4) is 0 Å². The SMILES string of the molecule is CN(C)c1c2cc3ccccc3cc2c2ccc3c(N(C)C)c4cc5ccccc5cc4c4ccc1c2c34. The summed E-state index contributed by atoms with van der Waals surface area (Å²) in [5.41, 5.74) is 2.58. The predicted molar refractivity (Wildman–Crippen MR) is 169 cm³/mol. The third-order valence-electron chi connectivity index (χ3n) is 8.43. The topological polar surface area (TPSA) is 6.48 Å². The Labute approximate surface area is 221 Å². The van der Waals surface area contributed by atoms with Crippen LogP contribution in [0.4, 0.5) is 11.4 Å². The van der Waals surface area contributed by atoms with E-state index in [-0.39, 0.29) is 0 Å². The Kier molecular flexibility index (Phi) is 4.24. The molecule has 0 bridgehead atoms. The number of hydrogen-bond donors (Lipinski definition) is 0. The van der Waals surface area contributed by atoms with Gasteiger partial charge in [-0.2, -0.15) is 0 Å². The molecule has 0 saturated heterocycles. The van der Waals surface area contributed by atoms with Gasteiger partial charge in [0.1, 0.15) is 0 Å². The molecule has 0 atom stereocenters. The molecule has 38 heavy (non-hydrogen) atoms. The molecule has 0 aliphatic rings. The molecule has 8 aromatic rings. The lowest BCUT2D eigenvalue weighted by atomic mass is 9.85. The molecule has 0 amide bonds. The Balaban J connectivity index is 1.68. The van der Waals surface area contributed by atoms with Crippen LogP contribution in [0.1, 0.15) is 0 Å². The molecule has 0 N–H and O–H groups in total. The highest BCUT2D eigenvalue weighted by atomic mass is 15.1. The molecule has 0 aromatic heterocycles. The number of anilines is 2. The summed E-state index contributed by atoms with van der Waals surface area (Å²) in [6.07, 6.45) is 0. The molecule has 0 aliphatic heterocycles. The molecule has 2 nitrogen and oxygen atoms in total. The molecular weight excluding hydrogens is 460 g/mol. The van der Waals surface area contributed by atoms with Crippen LogP contribution in [0, 0.1) is 0 Å². The van der Waals surface area contributed by atoms with Crippen LogP contribution in [-0.2, 0) is 0 Å². The molecular formula is C36H28N2. The first-order chi connectivity index (χ1) is 18.5. The molecule has 0 radical (unpaired) electrons. The fourth-order valence-corrected chi connectivity index (χ4v) is 6.91. The highest BCUT2D eigenvalue weighted by Crippen LogP contribution is 2.49. The predicted octanol–water partition coefficient (Wildman–Crippen LogP) is 9.33. The van der Waals surface area contributed by atoms with Crippen LogP contribution < -0.4 is 9.80 Å². The zero-order chi connectivity index (χ0) is 25.7. The number of rotatable bonds is 2. The van der Waals surface area contributed by atoms with E-state index in [2.05, 4.69) is 135 Å². The zero-order valence-electron chi connectivity index (χ0n) is 22.1. The summed E-state index contributed by atoms with van der Waals surface area (Å²) in [4.78, 5) is 4.59. The second-order valence-electron chi connectivity index (χ2n) is 11.0. The Morgan fingerprint density at radius 1 is 0.342 bits per heavy atom. The quantitative estimate of drug-likeness (QED) is 0.177. The molecule has 2 heteroatoms. The van der Waals surface area contributed by atoms with Crippen molar-refractivity contribution in [2.24, 2.45) is 0 Å². The molecule has 0 unspecified atom stereocenters. The van der Waals surface area contributed by atoms with Crippen molar-refractivity contribution in [3.63, 3.8) is 0 Å². The van der Waals surface area contributed by atoms with E-state index in [1.165, 1.54) is 86.8 Å². The van der Waals surface area contributed by atoms with Crippen molar-refractivity contribution in [1.29, 1.82) is 0 Å². The van der Waals surface area contributed by atoms with E-state index in [1.54, 1.807) is 0 Å². The monoisotopic (exact) mass is 488 g/mol. The van der Waals surface area contributed by atoms with Crippen LogP contribution in [-0.4, -0.2) is 28.2 Å². The normalized spacial score (nSPS) is 12.2. The summed E-state index contributed by atoms with van der Waals surface area (Å²) in [6, 6.07) is 36.4. The van der Waals surface area contributed by atoms with Gasteiger partial charge in [-0.25, -0.2) is 0 Å². The lowest BCUT2D eigenvalue weighted by molar-refractivity contribution is 1.15. The van der Waals surface area contributed by atoms with Crippen LogP contribution in [0.15, 0.2) is 97.1 Å². The maximum absolute atomic E-state index is 2.39. The molecule has 0 spiro atoms. The van der Waals surface area contributed by atoms with Gasteiger partial charge < -0.3 is 9.80 Å². The highest BCUT2D eigenvalue weighted by Gasteiger charge is 2.21. The molecule has 8 aromatic carbocycles. The lowest BCUT2D eigenvalue weighted by Gasteiger charge is -2.25. The van der Waals surface area contributed by atoms with Gasteiger partial charge in [0, 0.05) is 60.5 Å². The van der Waals surface area contributed by atoms with E-state index in [0.29, 0.717) is 0 Å². The number of hydrogen-bond acceptors (Lipinski definition) is 2. The van der Waals surface area contributed by atoms with E-state index < -0.39 is 0 Å². The van der Waals surface area contributed by atoms with Crippen molar-refractivity contribution in [3.05, 3.63) is 97.1 Å². The molecule has 0 fully saturated rings. The largest absolute Gasteiger partial charge is 0.377 e. The van der Waals surface area contributed by atoms with E-state index in [4.69, 9.17) is 0 Å². The Hall–Kier alpha value is -4.56. The summed E-state index contributed by atoms with van der Waals surface area (Å²) < 4.78 is 0. The van der Waals surface area contributed by atoms with Gasteiger partial charge in [-0.05, 0) is 67.4 Å². The van der Waals surface area contributed by atoms with Gasteiger partial charge in [-0.15, -0.1) is 0 Å². The standard InChI is InChI=1S/C36H28N2/c1-37(2)35-27-15-13-26-30-18-22-10-6-8-12-24(22)20-32(30)36(38(3)4)28-16-14-25(33(27)34(26)28)29-17-21-9-5-7-11-23(21)19-31(29)35/h5-20H,1-4H3. The fourth-order valence-electron chi connectivity index (χ4n) is 6.91. The van der Waals surface area contributed by atoms with Gasteiger partial charge in [0.15, 0.2) is 0 Å². The zero-order valence-corrected chi connectivity index (χ0v) is 22.1. The van der Waals surface area contributed by atoms with Crippen molar-refractivity contribution in [2.45, 2.75) is 0 Å². The first-order valence-corrected chi connectivity index (χ1v) is 13.3. The third-order valence-corrected chi connectivity index (χ3v) is 8.43. The number of nitrogens with zero attached hydrogens (tertiary/aromatic N) is 2. The second kappa shape index (κ2) is 7.49. The second-order valence-corrected chi connectivity index (χ2v) is 11.0. The first kappa shape index (κ1) is 21.5. The maximum Gasteiger partial charge on any atom is 0.0521 e. The van der Waals surface area contributed by atoms with Crippen molar-refractivity contribution >= 4 is 86.8 Å². The number of fused-ring (bicyclic) bond motifs is 6. The summed E-state index contributed by atoms with van der Waals surface area (Å²) in [5.74, 6) is 0. The lowest BCUT2D eigenvalue weighted by Crippen LogP contribution is -2.11. The van der Waals surface area contributed by atoms with Crippen molar-refractivity contribution < 1.29 is 0 Å². The van der Waals surface area contributed by atoms with Crippen LogP contribution in [0.25, 0.3) is 75.4 Å². The first-order valence-electron chi connectivity index (χ1n) is 13.3. The molecule has 0 saturated carbocycles. The van der Waals surface area contributed by atoms with Gasteiger partial charge in [-0.1, -0.05) is 72.8 Å². The molecule has 182 valence electrons. The van der Waals surface area contributed by atoms with Crippen molar-refractivity contribution in [1.82, 2.24) is 0 Å². The Morgan fingerprint density at radius 3 is 1.00 bits per heavy atom. The minimum atomic E-state index is 1.28. The van der Waals surface area contributed by atoms with E-state index in [0.717, 1.165) is 0 Å². The molecule has 0 aliphatic carbocycles. The number of benzene rings is 8. The van der Waals surface area contributed by atoms with Gasteiger partial charge in [-0.3, -0.25) is 0 Å². The van der Waals surface area contributed by atoms with E-state index in [1.807, 2.05) is 0 Å². The average Bonchev–Trinajstić information content (AvgIpc) is 2.92. The minimum Gasteiger partial charge on any atom is -0.377 e. The van der Waals surface area contributed by atoms with Crippen LogP contribution in [0.5, 0.6) is 0 Å². The van der Waals surface area contributed by atoms with Gasteiger partial charge in [0.05, 0.1) is 11.4 Å². The van der Waals surface area contributed by atoms with Crippen molar-refractivity contribution in [2.75, 3.05) is 38.0 Å². The van der Waals surface area contributed by atoms with E-state index >= 15 is 0 Å².